The van der Waals surface area contributed by atoms with Gasteiger partial charge in [-0.05, 0) is 55.3 Å². The highest BCUT2D eigenvalue weighted by molar-refractivity contribution is 7.87. The van der Waals surface area contributed by atoms with E-state index >= 15 is 0 Å². The molecule has 0 aliphatic heterocycles. The van der Waals surface area contributed by atoms with E-state index in [1.165, 1.54) is 0 Å². The maximum atomic E-state index is 12.5. The van der Waals surface area contributed by atoms with Crippen molar-refractivity contribution in [2.75, 3.05) is 6.61 Å². The Bertz CT molecular complexity index is 621. The first-order chi connectivity index (χ1) is 11.6. The molecule has 0 heterocycles. The summed E-state index contributed by atoms with van der Waals surface area (Å²) in [4.78, 5) is 0. The van der Waals surface area contributed by atoms with Gasteiger partial charge in [-0.25, -0.2) is 0 Å². The molecule has 0 radical (unpaired) electrons. The molecule has 1 atom stereocenters. The number of halogens is 3. The van der Waals surface area contributed by atoms with Crippen LogP contribution in [0.2, 0.25) is 18.1 Å². The molecular formula is C17H31F3O4SSi. The van der Waals surface area contributed by atoms with Gasteiger partial charge < -0.3 is 8.61 Å². The molecule has 0 aromatic heterocycles. The lowest BCUT2D eigenvalue weighted by Gasteiger charge is -2.36. The molecule has 0 saturated heterocycles. The van der Waals surface area contributed by atoms with Gasteiger partial charge >= 0.3 is 15.6 Å². The summed E-state index contributed by atoms with van der Waals surface area (Å²) in [5, 5.41) is 0.121. The summed E-state index contributed by atoms with van der Waals surface area (Å²) in [6.07, 6.45) is 4.58. The second-order valence-electron chi connectivity index (χ2n) is 8.52. The van der Waals surface area contributed by atoms with Gasteiger partial charge in [0.25, 0.3) is 0 Å². The maximum absolute atomic E-state index is 12.5. The van der Waals surface area contributed by atoms with Crippen molar-refractivity contribution in [1.82, 2.24) is 0 Å². The van der Waals surface area contributed by atoms with Crippen molar-refractivity contribution in [2.24, 2.45) is 5.41 Å². The lowest BCUT2D eigenvalue weighted by molar-refractivity contribution is -0.0522. The topological polar surface area (TPSA) is 52.6 Å². The molecule has 26 heavy (non-hydrogen) atoms. The summed E-state index contributed by atoms with van der Waals surface area (Å²) >= 11 is 0. The number of allylic oxidation sites excluding steroid dienone is 2. The van der Waals surface area contributed by atoms with E-state index in [4.69, 9.17) is 4.43 Å². The average molecular weight is 417 g/mol. The number of hydrogen-bond donors (Lipinski definition) is 0. The van der Waals surface area contributed by atoms with Crippen molar-refractivity contribution >= 4 is 18.4 Å². The monoisotopic (exact) mass is 416 g/mol. The predicted octanol–water partition coefficient (Wildman–Crippen LogP) is 5.73. The summed E-state index contributed by atoms with van der Waals surface area (Å²) in [6.45, 7) is 13.4. The second-order valence-corrected chi connectivity index (χ2v) is 14.9. The van der Waals surface area contributed by atoms with Crippen molar-refractivity contribution in [3.63, 3.8) is 0 Å². The van der Waals surface area contributed by atoms with E-state index in [2.05, 4.69) is 38.0 Å². The van der Waals surface area contributed by atoms with E-state index in [0.717, 1.165) is 12.8 Å². The molecule has 0 bridgehead atoms. The lowest BCUT2D eigenvalue weighted by atomic mass is 9.80. The molecule has 0 amide bonds. The van der Waals surface area contributed by atoms with Crippen LogP contribution in [0.25, 0.3) is 0 Å². The number of rotatable bonds is 8. The minimum Gasteiger partial charge on any atom is -0.417 e. The fourth-order valence-electron chi connectivity index (χ4n) is 2.73. The molecule has 1 aliphatic carbocycles. The van der Waals surface area contributed by atoms with Gasteiger partial charge in [0.15, 0.2) is 8.32 Å². The quantitative estimate of drug-likeness (QED) is 0.219. The van der Waals surface area contributed by atoms with Crippen molar-refractivity contribution < 1.29 is 30.2 Å². The molecule has 154 valence electrons. The van der Waals surface area contributed by atoms with E-state index < -0.39 is 23.9 Å². The van der Waals surface area contributed by atoms with Crippen molar-refractivity contribution in [1.29, 1.82) is 0 Å². The molecule has 0 N–H and O–H groups in total. The van der Waals surface area contributed by atoms with Crippen molar-refractivity contribution in [3.8, 4) is 0 Å². The number of hydrogen-bond acceptors (Lipinski definition) is 4. The lowest BCUT2D eigenvalue weighted by Crippen LogP contribution is -2.41. The molecule has 0 saturated carbocycles. The van der Waals surface area contributed by atoms with Gasteiger partial charge in [-0.2, -0.15) is 21.6 Å². The van der Waals surface area contributed by atoms with E-state index in [1.807, 2.05) is 6.92 Å². The summed E-state index contributed by atoms with van der Waals surface area (Å²) in [7, 11) is -7.41. The molecular weight excluding hydrogens is 385 g/mol. The highest BCUT2D eigenvalue weighted by Gasteiger charge is 2.49. The van der Waals surface area contributed by atoms with Crippen molar-refractivity contribution in [2.45, 2.75) is 83.4 Å². The van der Waals surface area contributed by atoms with E-state index in [0.29, 0.717) is 19.4 Å². The Morgan fingerprint density at radius 3 is 2.27 bits per heavy atom. The van der Waals surface area contributed by atoms with Crippen LogP contribution in [0.3, 0.4) is 0 Å². The molecule has 1 aliphatic rings. The molecule has 4 nitrogen and oxygen atoms in total. The fraction of sp³-hybridized carbons (Fsp3) is 0.882. The molecule has 0 aromatic rings. The first kappa shape index (κ1) is 23.5. The van der Waals surface area contributed by atoms with Crippen LogP contribution in [-0.4, -0.2) is 28.9 Å². The molecule has 0 spiro atoms. The highest BCUT2D eigenvalue weighted by atomic mass is 32.2. The first-order valence-electron chi connectivity index (χ1n) is 8.92. The Hall–Kier alpha value is -0.543. The van der Waals surface area contributed by atoms with Gasteiger partial charge in [0.05, 0.1) is 0 Å². The van der Waals surface area contributed by atoms with Crippen LogP contribution in [-0.2, 0) is 18.7 Å². The normalized spacial score (nSPS) is 22.4. The van der Waals surface area contributed by atoms with Gasteiger partial charge in [0.2, 0.25) is 0 Å². The van der Waals surface area contributed by atoms with Crippen LogP contribution in [0.4, 0.5) is 13.2 Å². The zero-order valence-electron chi connectivity index (χ0n) is 16.5. The summed E-state index contributed by atoms with van der Waals surface area (Å²) in [5.41, 5.74) is -5.73. The fourth-order valence-corrected chi connectivity index (χ4v) is 4.33. The van der Waals surface area contributed by atoms with Gasteiger partial charge in [0.1, 0.15) is 5.76 Å². The van der Waals surface area contributed by atoms with E-state index in [-0.39, 0.29) is 22.6 Å². The Kier molecular flexibility index (Phi) is 7.08. The van der Waals surface area contributed by atoms with Crippen LogP contribution >= 0.6 is 0 Å². The van der Waals surface area contributed by atoms with E-state index in [9.17, 15) is 21.6 Å². The Morgan fingerprint density at radius 2 is 1.81 bits per heavy atom. The Morgan fingerprint density at radius 1 is 1.23 bits per heavy atom. The largest absolute Gasteiger partial charge is 0.534 e. The summed E-state index contributed by atoms with van der Waals surface area (Å²) < 4.78 is 70.2. The van der Waals surface area contributed by atoms with Crippen LogP contribution in [0, 0.1) is 5.41 Å². The smallest absolute Gasteiger partial charge is 0.417 e. The van der Waals surface area contributed by atoms with Crippen LogP contribution in [0.15, 0.2) is 11.8 Å². The number of alkyl halides is 3. The van der Waals surface area contributed by atoms with Crippen LogP contribution in [0.1, 0.15) is 59.8 Å². The highest BCUT2D eigenvalue weighted by Crippen LogP contribution is 2.44. The Balaban J connectivity index is 2.67. The zero-order chi connectivity index (χ0) is 20.4. The molecule has 0 aromatic carbocycles. The van der Waals surface area contributed by atoms with E-state index in [1.54, 1.807) is 6.08 Å². The van der Waals surface area contributed by atoms with Crippen LogP contribution < -0.4 is 0 Å². The summed E-state index contributed by atoms with van der Waals surface area (Å²) in [6, 6.07) is 0. The molecule has 0 fully saturated rings. The zero-order valence-corrected chi connectivity index (χ0v) is 18.3. The standard InChI is InChI=1S/C17H31F3O4SSi/c1-7-16(10-8-12-23-26(5,6)15(2,3)4)11-9-14(13-16)24-25(21,22)17(18,19)20/h13H,7-12H2,1-6H3/t16-/m1/s1. The Labute approximate surface area is 156 Å². The minimum absolute atomic E-state index is 0.102. The third-order valence-corrected chi connectivity index (χ3v) is 11.2. The van der Waals surface area contributed by atoms with Gasteiger partial charge in [-0.3, -0.25) is 0 Å². The van der Waals surface area contributed by atoms with Crippen LogP contribution in [0.5, 0.6) is 0 Å². The first-order valence-corrected chi connectivity index (χ1v) is 13.2. The minimum atomic E-state index is -5.59. The maximum Gasteiger partial charge on any atom is 0.534 e. The van der Waals surface area contributed by atoms with Gasteiger partial charge in [-0.1, -0.05) is 27.7 Å². The molecule has 9 heteroatoms. The molecule has 0 unspecified atom stereocenters. The second kappa shape index (κ2) is 7.83. The third-order valence-electron chi connectivity index (χ3n) is 5.63. The predicted molar refractivity (Wildman–Crippen MR) is 98.5 cm³/mol. The van der Waals surface area contributed by atoms with Gasteiger partial charge in [0, 0.05) is 13.0 Å². The van der Waals surface area contributed by atoms with Gasteiger partial charge in [-0.15, -0.1) is 0 Å². The SMILES string of the molecule is CC[C@]1(CCCO[Si](C)(C)C(C)(C)C)C=C(OS(=O)(=O)C(F)(F)F)CC1. The summed E-state index contributed by atoms with van der Waals surface area (Å²) in [5.74, 6) is -0.102. The third kappa shape index (κ3) is 5.72. The van der Waals surface area contributed by atoms with Crippen molar-refractivity contribution in [3.05, 3.63) is 11.8 Å². The molecule has 1 rings (SSSR count). The average Bonchev–Trinajstić information content (AvgIpc) is 2.84.